The minimum atomic E-state index is -0.288. The molecule has 1 aliphatic rings. The van der Waals surface area contributed by atoms with Gasteiger partial charge in [-0.1, -0.05) is 24.3 Å². The lowest BCUT2D eigenvalue weighted by Gasteiger charge is -2.13. The lowest BCUT2D eigenvalue weighted by atomic mass is 10.1. The van der Waals surface area contributed by atoms with Gasteiger partial charge in [-0.3, -0.25) is 19.3 Å². The molecule has 3 amide bonds. The molecule has 2 aromatic carbocycles. The van der Waals surface area contributed by atoms with Gasteiger partial charge in [0.05, 0.1) is 11.1 Å². The van der Waals surface area contributed by atoms with E-state index in [9.17, 15) is 14.4 Å². The van der Waals surface area contributed by atoms with Crippen molar-refractivity contribution in [2.45, 2.75) is 26.3 Å². The van der Waals surface area contributed by atoms with E-state index in [1.807, 2.05) is 42.0 Å². The first-order valence-electron chi connectivity index (χ1n) is 9.86. The van der Waals surface area contributed by atoms with E-state index in [-0.39, 0.29) is 30.7 Å². The summed E-state index contributed by atoms with van der Waals surface area (Å²) in [6, 6.07) is 14.7. The lowest BCUT2D eigenvalue weighted by Crippen LogP contribution is -2.32. The first-order chi connectivity index (χ1) is 14.5. The summed E-state index contributed by atoms with van der Waals surface area (Å²) in [7, 11) is 0. The fourth-order valence-electron chi connectivity index (χ4n) is 3.55. The third-order valence-corrected chi connectivity index (χ3v) is 5.19. The third kappa shape index (κ3) is 3.87. The van der Waals surface area contributed by atoms with Crippen LogP contribution in [0.15, 0.2) is 60.9 Å². The lowest BCUT2D eigenvalue weighted by molar-refractivity contribution is -0.121. The first-order valence-corrected chi connectivity index (χ1v) is 9.86. The van der Waals surface area contributed by atoms with Crippen LogP contribution in [0.25, 0.3) is 5.69 Å². The Kier molecular flexibility index (Phi) is 5.43. The van der Waals surface area contributed by atoms with Crippen molar-refractivity contribution >= 4 is 17.7 Å². The summed E-state index contributed by atoms with van der Waals surface area (Å²) >= 11 is 0. The molecule has 1 N–H and O–H groups in total. The van der Waals surface area contributed by atoms with Gasteiger partial charge < -0.3 is 9.88 Å². The molecule has 2 heterocycles. The van der Waals surface area contributed by atoms with Crippen molar-refractivity contribution in [3.05, 3.63) is 83.4 Å². The van der Waals surface area contributed by atoms with E-state index >= 15 is 0 Å². The van der Waals surface area contributed by atoms with E-state index in [4.69, 9.17) is 0 Å². The molecule has 0 spiro atoms. The summed E-state index contributed by atoms with van der Waals surface area (Å²) in [5.41, 5.74) is 2.87. The number of nitrogens with zero attached hydrogens (tertiary/aromatic N) is 3. The van der Waals surface area contributed by atoms with E-state index in [1.54, 1.807) is 30.5 Å². The largest absolute Gasteiger partial charge is 0.352 e. The summed E-state index contributed by atoms with van der Waals surface area (Å²) in [6.45, 7) is 2.60. The molecule has 3 aromatic rings. The molecule has 0 aliphatic carbocycles. The highest BCUT2D eigenvalue weighted by Crippen LogP contribution is 2.22. The summed E-state index contributed by atoms with van der Waals surface area (Å²) < 4.78 is 1.99. The second-order valence-electron chi connectivity index (χ2n) is 7.20. The zero-order chi connectivity index (χ0) is 21.1. The number of fused-ring (bicyclic) bond motifs is 1. The number of aromatic nitrogens is 2. The highest BCUT2D eigenvalue weighted by molar-refractivity contribution is 6.21. The Balaban J connectivity index is 1.24. The van der Waals surface area contributed by atoms with Crippen LogP contribution in [0.2, 0.25) is 0 Å². The molecule has 7 nitrogen and oxygen atoms in total. The molecule has 0 fully saturated rings. The van der Waals surface area contributed by atoms with Gasteiger partial charge in [0.25, 0.3) is 11.8 Å². The molecule has 4 rings (SSSR count). The van der Waals surface area contributed by atoms with Crippen molar-refractivity contribution in [1.29, 1.82) is 0 Å². The fourth-order valence-corrected chi connectivity index (χ4v) is 3.55. The molecule has 1 aromatic heterocycles. The van der Waals surface area contributed by atoms with Gasteiger partial charge in [0.1, 0.15) is 5.82 Å². The number of rotatable bonds is 7. The number of aryl methyl sites for hydroxylation is 1. The number of hydrogen-bond acceptors (Lipinski definition) is 4. The van der Waals surface area contributed by atoms with Crippen LogP contribution in [-0.2, 0) is 11.3 Å². The van der Waals surface area contributed by atoms with Gasteiger partial charge in [0.2, 0.25) is 5.91 Å². The Hall–Kier alpha value is -3.74. The third-order valence-electron chi connectivity index (χ3n) is 5.19. The Bertz CT molecular complexity index is 1070. The number of hydrogen-bond donors (Lipinski definition) is 1. The zero-order valence-corrected chi connectivity index (χ0v) is 16.7. The maximum absolute atomic E-state index is 12.3. The number of benzene rings is 2. The highest BCUT2D eigenvalue weighted by atomic mass is 16.2. The average molecular weight is 402 g/mol. The van der Waals surface area contributed by atoms with Gasteiger partial charge in [-0.2, -0.15) is 0 Å². The zero-order valence-electron chi connectivity index (χ0n) is 16.7. The molecule has 7 heteroatoms. The van der Waals surface area contributed by atoms with E-state index < -0.39 is 0 Å². The second-order valence-corrected chi connectivity index (χ2v) is 7.20. The summed E-state index contributed by atoms with van der Waals surface area (Å²) in [6.07, 6.45) is 4.34. The first kappa shape index (κ1) is 19.6. The van der Waals surface area contributed by atoms with Gasteiger partial charge >= 0.3 is 0 Å². The molecule has 0 unspecified atom stereocenters. The fraction of sp³-hybridized carbons (Fsp3) is 0.217. The van der Waals surface area contributed by atoms with Crippen molar-refractivity contribution in [3.63, 3.8) is 0 Å². The van der Waals surface area contributed by atoms with Crippen molar-refractivity contribution in [2.75, 3.05) is 6.54 Å². The van der Waals surface area contributed by atoms with Crippen LogP contribution in [0.1, 0.15) is 44.9 Å². The molecule has 0 saturated carbocycles. The van der Waals surface area contributed by atoms with Gasteiger partial charge in [0.15, 0.2) is 0 Å². The van der Waals surface area contributed by atoms with Crippen LogP contribution in [-0.4, -0.2) is 38.7 Å². The van der Waals surface area contributed by atoms with Gasteiger partial charge in [0, 0.05) is 37.6 Å². The maximum atomic E-state index is 12.3. The van der Waals surface area contributed by atoms with Gasteiger partial charge in [-0.25, -0.2) is 4.98 Å². The van der Waals surface area contributed by atoms with E-state index in [0.717, 1.165) is 17.1 Å². The van der Waals surface area contributed by atoms with Crippen molar-refractivity contribution in [2.24, 2.45) is 0 Å². The molecule has 0 saturated heterocycles. The van der Waals surface area contributed by atoms with E-state index in [2.05, 4.69) is 10.3 Å². The van der Waals surface area contributed by atoms with Gasteiger partial charge in [-0.05, 0) is 43.2 Å². The second kappa shape index (κ2) is 8.32. The quantitative estimate of drug-likeness (QED) is 0.616. The van der Waals surface area contributed by atoms with Crippen LogP contribution >= 0.6 is 0 Å². The predicted octanol–water partition coefficient (Wildman–Crippen LogP) is 2.87. The maximum Gasteiger partial charge on any atom is 0.261 e. The molecular formula is C23H22N4O3. The van der Waals surface area contributed by atoms with E-state index in [0.29, 0.717) is 24.1 Å². The van der Waals surface area contributed by atoms with Crippen LogP contribution in [0.4, 0.5) is 0 Å². The topological polar surface area (TPSA) is 84.3 Å². The SMILES string of the molecule is Cc1nccn1-c1ccc(CNC(=O)CCCN2C(=O)c3ccccc3C2=O)cc1. The molecule has 1 aliphatic heterocycles. The number of amides is 3. The molecule has 0 radical (unpaired) electrons. The Morgan fingerprint density at radius 2 is 1.67 bits per heavy atom. The number of carbonyl (C=O) groups excluding carboxylic acids is 3. The van der Waals surface area contributed by atoms with Gasteiger partial charge in [-0.15, -0.1) is 0 Å². The Morgan fingerprint density at radius 3 is 2.27 bits per heavy atom. The monoisotopic (exact) mass is 402 g/mol. The molecule has 0 bridgehead atoms. The van der Waals surface area contributed by atoms with Crippen molar-refractivity contribution in [1.82, 2.24) is 19.8 Å². The van der Waals surface area contributed by atoms with E-state index in [1.165, 1.54) is 4.90 Å². The summed E-state index contributed by atoms with van der Waals surface area (Å²) in [5, 5.41) is 2.88. The van der Waals surface area contributed by atoms with Crippen LogP contribution < -0.4 is 5.32 Å². The molecule has 152 valence electrons. The average Bonchev–Trinajstić information content (AvgIpc) is 3.29. The molecule has 30 heavy (non-hydrogen) atoms. The smallest absolute Gasteiger partial charge is 0.261 e. The number of imide groups is 1. The van der Waals surface area contributed by atoms with Crippen molar-refractivity contribution in [3.8, 4) is 5.69 Å². The molecule has 0 atom stereocenters. The predicted molar refractivity (Wildman–Crippen MR) is 111 cm³/mol. The normalized spacial score (nSPS) is 12.9. The minimum absolute atomic E-state index is 0.110. The van der Waals surface area contributed by atoms with Crippen LogP contribution in [0.3, 0.4) is 0 Å². The minimum Gasteiger partial charge on any atom is -0.352 e. The highest BCUT2D eigenvalue weighted by Gasteiger charge is 2.34. The standard InChI is InChI=1S/C23H22N4O3/c1-16-24-12-14-26(16)18-10-8-17(9-11-18)15-25-21(28)7-4-13-27-22(29)19-5-2-3-6-20(19)23(27)30/h2-3,5-6,8-12,14H,4,7,13,15H2,1H3,(H,25,28). The van der Waals surface area contributed by atoms with Crippen molar-refractivity contribution < 1.29 is 14.4 Å². The Morgan fingerprint density at radius 1 is 1.00 bits per heavy atom. The summed E-state index contributed by atoms with van der Waals surface area (Å²) in [5.74, 6) is 0.226. The van der Waals surface area contributed by atoms with Crippen LogP contribution in [0.5, 0.6) is 0 Å². The molecular weight excluding hydrogens is 380 g/mol. The summed E-state index contributed by atoms with van der Waals surface area (Å²) in [4.78, 5) is 42.2. The number of carbonyl (C=O) groups is 3. The Labute approximate surface area is 174 Å². The van der Waals surface area contributed by atoms with Crippen LogP contribution in [0, 0.1) is 6.92 Å². The number of imidazole rings is 1. The number of nitrogens with one attached hydrogen (secondary N) is 1.